The Morgan fingerprint density at radius 3 is 2.60 bits per heavy atom. The van der Waals surface area contributed by atoms with E-state index in [9.17, 15) is 13.2 Å². The van der Waals surface area contributed by atoms with Crippen molar-refractivity contribution in [3.63, 3.8) is 0 Å². The summed E-state index contributed by atoms with van der Waals surface area (Å²) in [7, 11) is 1.72. The molecule has 1 aromatic carbocycles. The largest absolute Gasteiger partial charge is 0.416 e. The number of hydrogen-bond donors (Lipinski definition) is 0. The van der Waals surface area contributed by atoms with E-state index in [4.69, 9.17) is 11.6 Å². The van der Waals surface area contributed by atoms with Crippen LogP contribution in [0, 0.1) is 0 Å². The van der Waals surface area contributed by atoms with E-state index in [1.165, 1.54) is 18.3 Å². The summed E-state index contributed by atoms with van der Waals surface area (Å²) in [6.45, 7) is 0.534. The number of rotatable bonds is 4. The molecule has 0 saturated heterocycles. The standard InChI is InChI=1S/C13H13ClF3N3/c1-19(9-20-8-11(14)6-18-20)7-10-4-2-3-5-12(10)13(15,16)17/h2-6,8H,7,9H2,1H3. The molecule has 2 aromatic rings. The lowest BCUT2D eigenvalue weighted by Crippen LogP contribution is -2.23. The van der Waals surface area contributed by atoms with Gasteiger partial charge in [-0.3, -0.25) is 9.58 Å². The second kappa shape index (κ2) is 5.85. The molecule has 1 heterocycles. The van der Waals surface area contributed by atoms with E-state index in [1.807, 2.05) is 0 Å². The Bertz CT molecular complexity index is 580. The zero-order valence-electron chi connectivity index (χ0n) is 10.7. The van der Waals surface area contributed by atoms with Gasteiger partial charge in [0.25, 0.3) is 0 Å². The van der Waals surface area contributed by atoms with Crippen molar-refractivity contribution < 1.29 is 13.2 Å². The van der Waals surface area contributed by atoms with Crippen LogP contribution in [0.2, 0.25) is 5.02 Å². The molecule has 0 aliphatic heterocycles. The van der Waals surface area contributed by atoms with Crippen LogP contribution in [0.3, 0.4) is 0 Å². The third-order valence-electron chi connectivity index (χ3n) is 2.75. The third-order valence-corrected chi connectivity index (χ3v) is 2.95. The molecule has 20 heavy (non-hydrogen) atoms. The average molecular weight is 304 g/mol. The van der Waals surface area contributed by atoms with E-state index < -0.39 is 11.7 Å². The zero-order chi connectivity index (χ0) is 14.8. The molecule has 1 aromatic heterocycles. The summed E-state index contributed by atoms with van der Waals surface area (Å²) in [5.41, 5.74) is -0.369. The van der Waals surface area contributed by atoms with E-state index in [2.05, 4.69) is 5.10 Å². The minimum absolute atomic E-state index is 0.174. The van der Waals surface area contributed by atoms with Crippen LogP contribution in [0.15, 0.2) is 36.7 Å². The lowest BCUT2D eigenvalue weighted by molar-refractivity contribution is -0.138. The lowest BCUT2D eigenvalue weighted by atomic mass is 10.1. The topological polar surface area (TPSA) is 21.1 Å². The van der Waals surface area contributed by atoms with Crippen LogP contribution in [-0.2, 0) is 19.4 Å². The summed E-state index contributed by atoms with van der Waals surface area (Å²) in [4.78, 5) is 1.73. The third kappa shape index (κ3) is 3.74. The van der Waals surface area contributed by atoms with Gasteiger partial charge in [0.15, 0.2) is 0 Å². The number of halogens is 4. The summed E-state index contributed by atoms with van der Waals surface area (Å²) >= 11 is 5.74. The van der Waals surface area contributed by atoms with Crippen molar-refractivity contribution in [1.29, 1.82) is 0 Å². The van der Waals surface area contributed by atoms with E-state index >= 15 is 0 Å². The molecule has 0 spiro atoms. The molecule has 108 valence electrons. The van der Waals surface area contributed by atoms with Gasteiger partial charge in [0.2, 0.25) is 0 Å². The molecule has 0 saturated carbocycles. The second-order valence-corrected chi connectivity index (χ2v) is 4.94. The number of benzene rings is 1. The molecule has 0 bridgehead atoms. The predicted molar refractivity (Wildman–Crippen MR) is 70.1 cm³/mol. The summed E-state index contributed by atoms with van der Waals surface area (Å²) < 4.78 is 40.2. The van der Waals surface area contributed by atoms with Gasteiger partial charge in [-0.05, 0) is 18.7 Å². The summed E-state index contributed by atoms with van der Waals surface area (Å²) in [6.07, 6.45) is -1.24. The van der Waals surface area contributed by atoms with Gasteiger partial charge in [0, 0.05) is 12.7 Å². The molecular formula is C13H13ClF3N3. The Morgan fingerprint density at radius 1 is 1.30 bits per heavy atom. The highest BCUT2D eigenvalue weighted by molar-refractivity contribution is 6.30. The Hall–Kier alpha value is -1.53. The first-order valence-corrected chi connectivity index (χ1v) is 6.25. The van der Waals surface area contributed by atoms with Crippen molar-refractivity contribution in [2.45, 2.75) is 19.4 Å². The van der Waals surface area contributed by atoms with Gasteiger partial charge in [-0.25, -0.2) is 0 Å². The Kier molecular flexibility index (Phi) is 4.35. The van der Waals surface area contributed by atoms with Gasteiger partial charge < -0.3 is 0 Å². The van der Waals surface area contributed by atoms with Crippen LogP contribution < -0.4 is 0 Å². The normalized spacial score (nSPS) is 12.1. The predicted octanol–water partition coefficient (Wildman–Crippen LogP) is 3.64. The van der Waals surface area contributed by atoms with E-state index in [-0.39, 0.29) is 12.1 Å². The molecule has 0 N–H and O–H groups in total. The molecular weight excluding hydrogens is 291 g/mol. The van der Waals surface area contributed by atoms with Crippen LogP contribution in [0.25, 0.3) is 0 Å². The monoisotopic (exact) mass is 303 g/mol. The highest BCUT2D eigenvalue weighted by Crippen LogP contribution is 2.32. The Morgan fingerprint density at radius 2 is 2.00 bits per heavy atom. The van der Waals surface area contributed by atoms with Crippen molar-refractivity contribution in [3.05, 3.63) is 52.8 Å². The maximum absolute atomic E-state index is 12.9. The van der Waals surface area contributed by atoms with Crippen LogP contribution in [0.4, 0.5) is 13.2 Å². The maximum atomic E-state index is 12.9. The maximum Gasteiger partial charge on any atom is 0.416 e. The van der Waals surface area contributed by atoms with Gasteiger partial charge in [0.05, 0.1) is 23.5 Å². The van der Waals surface area contributed by atoms with Gasteiger partial charge in [-0.1, -0.05) is 29.8 Å². The lowest BCUT2D eigenvalue weighted by Gasteiger charge is -2.19. The highest BCUT2D eigenvalue weighted by Gasteiger charge is 2.32. The van der Waals surface area contributed by atoms with E-state index in [0.29, 0.717) is 11.7 Å². The fourth-order valence-corrected chi connectivity index (χ4v) is 2.09. The minimum atomic E-state index is -4.34. The van der Waals surface area contributed by atoms with Gasteiger partial charge in [-0.15, -0.1) is 0 Å². The van der Waals surface area contributed by atoms with E-state index in [1.54, 1.807) is 28.9 Å². The molecule has 2 rings (SSSR count). The van der Waals surface area contributed by atoms with E-state index in [0.717, 1.165) is 6.07 Å². The Labute approximate surface area is 119 Å². The number of alkyl halides is 3. The molecule has 0 atom stereocenters. The van der Waals surface area contributed by atoms with Gasteiger partial charge in [0.1, 0.15) is 0 Å². The van der Waals surface area contributed by atoms with Crippen LogP contribution >= 0.6 is 11.6 Å². The fraction of sp³-hybridized carbons (Fsp3) is 0.308. The number of hydrogen-bond acceptors (Lipinski definition) is 2. The first-order valence-electron chi connectivity index (χ1n) is 5.88. The molecule has 0 aliphatic carbocycles. The minimum Gasteiger partial charge on any atom is -0.283 e. The first-order chi connectivity index (χ1) is 9.36. The number of nitrogens with zero attached hydrogens (tertiary/aromatic N) is 3. The molecule has 0 unspecified atom stereocenters. The fourth-order valence-electron chi connectivity index (χ4n) is 1.94. The van der Waals surface area contributed by atoms with Crippen LogP contribution in [-0.4, -0.2) is 21.7 Å². The van der Waals surface area contributed by atoms with Crippen molar-refractivity contribution in [2.75, 3.05) is 7.05 Å². The smallest absolute Gasteiger partial charge is 0.283 e. The zero-order valence-corrected chi connectivity index (χ0v) is 11.5. The van der Waals surface area contributed by atoms with Crippen molar-refractivity contribution >= 4 is 11.6 Å². The molecule has 3 nitrogen and oxygen atoms in total. The summed E-state index contributed by atoms with van der Waals surface area (Å²) in [5, 5.41) is 4.48. The second-order valence-electron chi connectivity index (χ2n) is 4.51. The molecule has 0 radical (unpaired) electrons. The Balaban J connectivity index is 2.10. The molecule has 7 heteroatoms. The van der Waals surface area contributed by atoms with Gasteiger partial charge in [-0.2, -0.15) is 18.3 Å². The van der Waals surface area contributed by atoms with Crippen molar-refractivity contribution in [1.82, 2.24) is 14.7 Å². The summed E-state index contributed by atoms with van der Waals surface area (Å²) in [5.74, 6) is 0. The van der Waals surface area contributed by atoms with Crippen LogP contribution in [0.1, 0.15) is 11.1 Å². The van der Waals surface area contributed by atoms with Gasteiger partial charge >= 0.3 is 6.18 Å². The average Bonchev–Trinajstić information content (AvgIpc) is 2.73. The summed E-state index contributed by atoms with van der Waals surface area (Å²) in [6, 6.07) is 5.56. The first kappa shape index (κ1) is 14.9. The molecule has 0 fully saturated rings. The SMILES string of the molecule is CN(Cc1ccccc1C(F)(F)F)Cn1cc(Cl)cn1. The molecule has 0 aliphatic rings. The van der Waals surface area contributed by atoms with Crippen molar-refractivity contribution in [2.24, 2.45) is 0 Å². The van der Waals surface area contributed by atoms with Crippen LogP contribution in [0.5, 0.6) is 0 Å². The van der Waals surface area contributed by atoms with Crippen molar-refractivity contribution in [3.8, 4) is 0 Å². The molecule has 0 amide bonds. The quantitative estimate of drug-likeness (QED) is 0.860. The highest BCUT2D eigenvalue weighted by atomic mass is 35.5. The number of aromatic nitrogens is 2.